The Hall–Kier alpha value is -1.97. The number of nitrogens with zero attached hydrogens (tertiary/aromatic N) is 2. The van der Waals surface area contributed by atoms with Crippen LogP contribution < -0.4 is 9.47 Å². The highest BCUT2D eigenvalue weighted by atomic mass is 16.5. The van der Waals surface area contributed by atoms with E-state index >= 15 is 0 Å². The summed E-state index contributed by atoms with van der Waals surface area (Å²) in [6.45, 7) is 2.16. The number of aromatic nitrogens is 2. The molecule has 0 unspecified atom stereocenters. The minimum atomic E-state index is 0.803. The third-order valence-corrected chi connectivity index (χ3v) is 3.18. The van der Waals surface area contributed by atoms with E-state index in [4.69, 9.17) is 9.47 Å². The van der Waals surface area contributed by atoms with E-state index in [1.54, 1.807) is 20.4 Å². The number of hydrogen-bond acceptors (Lipinski definition) is 3. The number of aryl methyl sites for hydroxylation is 2. The van der Waals surface area contributed by atoms with Crippen LogP contribution in [-0.2, 0) is 13.5 Å². The van der Waals surface area contributed by atoms with E-state index in [2.05, 4.69) is 18.0 Å². The summed E-state index contributed by atoms with van der Waals surface area (Å²) in [5.74, 6) is 2.54. The summed E-state index contributed by atoms with van der Waals surface area (Å²) < 4.78 is 12.9. The van der Waals surface area contributed by atoms with Crippen molar-refractivity contribution in [3.63, 3.8) is 0 Å². The maximum atomic E-state index is 5.52. The summed E-state index contributed by atoms with van der Waals surface area (Å²) in [7, 11) is 5.34. The van der Waals surface area contributed by atoms with Crippen molar-refractivity contribution < 1.29 is 9.47 Å². The standard InChI is InChI=1S/C15H20N2O2/c1-5-6-11-9-12(18-3)10-13(19-4)14(11)15-16-7-8-17(15)2/h7-10H,5-6H2,1-4H3. The largest absolute Gasteiger partial charge is 0.497 e. The smallest absolute Gasteiger partial charge is 0.143 e. The van der Waals surface area contributed by atoms with Crippen LogP contribution in [0.15, 0.2) is 24.5 Å². The van der Waals surface area contributed by atoms with Crippen LogP contribution in [0.1, 0.15) is 18.9 Å². The monoisotopic (exact) mass is 260 g/mol. The molecule has 0 bridgehead atoms. The highest BCUT2D eigenvalue weighted by Gasteiger charge is 2.17. The van der Waals surface area contributed by atoms with Gasteiger partial charge in [0.2, 0.25) is 0 Å². The molecule has 0 aliphatic rings. The van der Waals surface area contributed by atoms with Crippen molar-refractivity contribution in [2.24, 2.45) is 7.05 Å². The molecule has 0 radical (unpaired) electrons. The van der Waals surface area contributed by atoms with Crippen LogP contribution in [0.5, 0.6) is 11.5 Å². The Morgan fingerprint density at radius 2 is 2.00 bits per heavy atom. The molecule has 19 heavy (non-hydrogen) atoms. The van der Waals surface area contributed by atoms with E-state index in [0.717, 1.165) is 35.7 Å². The Morgan fingerprint density at radius 3 is 2.53 bits per heavy atom. The molecular weight excluding hydrogens is 240 g/mol. The third-order valence-electron chi connectivity index (χ3n) is 3.18. The van der Waals surface area contributed by atoms with Gasteiger partial charge in [-0.3, -0.25) is 0 Å². The van der Waals surface area contributed by atoms with Gasteiger partial charge in [-0.2, -0.15) is 0 Å². The van der Waals surface area contributed by atoms with Crippen molar-refractivity contribution >= 4 is 0 Å². The molecule has 0 amide bonds. The molecule has 0 N–H and O–H groups in total. The predicted octanol–water partition coefficient (Wildman–Crippen LogP) is 3.06. The van der Waals surface area contributed by atoms with Crippen LogP contribution in [0.3, 0.4) is 0 Å². The maximum Gasteiger partial charge on any atom is 0.143 e. The number of ether oxygens (including phenoxy) is 2. The molecule has 0 atom stereocenters. The average Bonchev–Trinajstić information content (AvgIpc) is 2.84. The molecule has 1 aromatic carbocycles. The first-order valence-electron chi connectivity index (χ1n) is 6.43. The first-order chi connectivity index (χ1) is 9.21. The maximum absolute atomic E-state index is 5.52. The second-order valence-electron chi connectivity index (χ2n) is 4.48. The SMILES string of the molecule is CCCc1cc(OC)cc(OC)c1-c1nccn1C. The van der Waals surface area contributed by atoms with Gasteiger partial charge in [-0.15, -0.1) is 0 Å². The van der Waals surface area contributed by atoms with Crippen molar-refractivity contribution in [2.75, 3.05) is 14.2 Å². The number of imidazole rings is 1. The fraction of sp³-hybridized carbons (Fsp3) is 0.400. The first-order valence-corrected chi connectivity index (χ1v) is 6.43. The molecule has 2 rings (SSSR count). The second kappa shape index (κ2) is 5.78. The van der Waals surface area contributed by atoms with Crippen LogP contribution in [-0.4, -0.2) is 23.8 Å². The molecule has 102 valence electrons. The molecule has 0 saturated heterocycles. The summed E-state index contributed by atoms with van der Waals surface area (Å²) in [5.41, 5.74) is 2.26. The summed E-state index contributed by atoms with van der Waals surface area (Å²) in [4.78, 5) is 4.44. The molecule has 1 heterocycles. The van der Waals surface area contributed by atoms with Gasteiger partial charge in [0, 0.05) is 25.5 Å². The van der Waals surface area contributed by atoms with E-state index in [9.17, 15) is 0 Å². The van der Waals surface area contributed by atoms with Gasteiger partial charge < -0.3 is 14.0 Å². The highest BCUT2D eigenvalue weighted by Crippen LogP contribution is 2.36. The second-order valence-corrected chi connectivity index (χ2v) is 4.48. The van der Waals surface area contributed by atoms with Gasteiger partial charge in [0.15, 0.2) is 0 Å². The minimum absolute atomic E-state index is 0.803. The molecule has 4 heteroatoms. The molecule has 1 aromatic heterocycles. The van der Waals surface area contributed by atoms with E-state index < -0.39 is 0 Å². The van der Waals surface area contributed by atoms with Gasteiger partial charge in [-0.25, -0.2) is 4.98 Å². The van der Waals surface area contributed by atoms with Crippen molar-refractivity contribution in [3.05, 3.63) is 30.1 Å². The van der Waals surface area contributed by atoms with Gasteiger partial charge in [0.05, 0.1) is 19.8 Å². The Morgan fingerprint density at radius 1 is 1.21 bits per heavy atom. The van der Waals surface area contributed by atoms with Gasteiger partial charge in [-0.1, -0.05) is 13.3 Å². The van der Waals surface area contributed by atoms with Crippen LogP contribution in [0.2, 0.25) is 0 Å². The van der Waals surface area contributed by atoms with Gasteiger partial charge >= 0.3 is 0 Å². The zero-order valence-corrected chi connectivity index (χ0v) is 11.9. The fourth-order valence-corrected chi connectivity index (χ4v) is 2.25. The van der Waals surface area contributed by atoms with E-state index in [-0.39, 0.29) is 0 Å². The van der Waals surface area contributed by atoms with E-state index in [1.165, 1.54) is 5.56 Å². The summed E-state index contributed by atoms with van der Waals surface area (Å²) >= 11 is 0. The number of benzene rings is 1. The topological polar surface area (TPSA) is 36.3 Å². The van der Waals surface area contributed by atoms with Gasteiger partial charge in [-0.05, 0) is 18.1 Å². The minimum Gasteiger partial charge on any atom is -0.497 e. The van der Waals surface area contributed by atoms with Crippen molar-refractivity contribution in [3.8, 4) is 22.9 Å². The Kier molecular flexibility index (Phi) is 4.10. The average molecular weight is 260 g/mol. The Bertz CT molecular complexity index is 561. The number of hydrogen-bond donors (Lipinski definition) is 0. The van der Waals surface area contributed by atoms with Crippen LogP contribution in [0.4, 0.5) is 0 Å². The predicted molar refractivity (Wildman–Crippen MR) is 75.7 cm³/mol. The van der Waals surface area contributed by atoms with Crippen LogP contribution >= 0.6 is 0 Å². The molecule has 0 aliphatic heterocycles. The van der Waals surface area contributed by atoms with Crippen molar-refractivity contribution in [2.45, 2.75) is 19.8 Å². The van der Waals surface area contributed by atoms with Gasteiger partial charge in [0.25, 0.3) is 0 Å². The molecule has 0 fully saturated rings. The molecule has 0 aliphatic carbocycles. The molecular formula is C15H20N2O2. The lowest BCUT2D eigenvalue weighted by Gasteiger charge is -2.15. The molecule has 4 nitrogen and oxygen atoms in total. The van der Waals surface area contributed by atoms with Crippen LogP contribution in [0.25, 0.3) is 11.4 Å². The third kappa shape index (κ3) is 2.57. The summed E-state index contributed by atoms with van der Waals surface area (Å²) in [5, 5.41) is 0. The lowest BCUT2D eigenvalue weighted by atomic mass is 10.0. The first kappa shape index (κ1) is 13.5. The number of methoxy groups -OCH3 is 2. The number of rotatable bonds is 5. The van der Waals surface area contributed by atoms with E-state index in [0.29, 0.717) is 0 Å². The molecule has 0 spiro atoms. The van der Waals surface area contributed by atoms with Gasteiger partial charge in [0.1, 0.15) is 17.3 Å². The Balaban J connectivity index is 2.65. The van der Waals surface area contributed by atoms with Crippen molar-refractivity contribution in [1.82, 2.24) is 9.55 Å². The summed E-state index contributed by atoms with van der Waals surface area (Å²) in [6.07, 6.45) is 5.77. The highest BCUT2D eigenvalue weighted by molar-refractivity contribution is 5.71. The van der Waals surface area contributed by atoms with E-state index in [1.807, 2.05) is 23.9 Å². The lowest BCUT2D eigenvalue weighted by molar-refractivity contribution is 0.394. The summed E-state index contributed by atoms with van der Waals surface area (Å²) in [6, 6.07) is 3.97. The zero-order valence-electron chi connectivity index (χ0n) is 11.9. The molecule has 0 saturated carbocycles. The molecule has 2 aromatic rings. The lowest BCUT2D eigenvalue weighted by Crippen LogP contribution is -2.01. The fourth-order valence-electron chi connectivity index (χ4n) is 2.25. The van der Waals surface area contributed by atoms with Crippen LogP contribution in [0, 0.1) is 0 Å². The zero-order chi connectivity index (χ0) is 13.8. The van der Waals surface area contributed by atoms with Crippen molar-refractivity contribution in [1.29, 1.82) is 0 Å². The quantitative estimate of drug-likeness (QED) is 0.829. The Labute approximate surface area is 114 Å². The normalized spacial score (nSPS) is 10.5.